The quantitative estimate of drug-likeness (QED) is 0.611. The van der Waals surface area contributed by atoms with Gasteiger partial charge in [-0.25, -0.2) is 0 Å². The number of hydrogen-bond donors (Lipinski definition) is 1. The van der Waals surface area contributed by atoms with Crippen LogP contribution in [0.1, 0.15) is 12.8 Å². The molecule has 0 aromatic rings. The summed E-state index contributed by atoms with van der Waals surface area (Å²) in [6.45, 7) is 4.40. The molecule has 0 aromatic carbocycles. The Hall–Kier alpha value is 0.170. The lowest BCUT2D eigenvalue weighted by Gasteiger charge is -2.40. The van der Waals surface area contributed by atoms with Crippen LogP contribution in [-0.2, 0) is 9.47 Å². The second-order valence-electron chi connectivity index (χ2n) is 3.36. The van der Waals surface area contributed by atoms with E-state index < -0.39 is 0 Å². The van der Waals surface area contributed by atoms with E-state index in [1.165, 1.54) is 6.42 Å². The van der Waals surface area contributed by atoms with E-state index in [2.05, 4.69) is 5.32 Å². The lowest BCUT2D eigenvalue weighted by Crippen LogP contribution is -2.53. The highest BCUT2D eigenvalue weighted by atomic mass is 35.5. The molecule has 2 saturated heterocycles. The molecule has 0 saturated carbocycles. The summed E-state index contributed by atoms with van der Waals surface area (Å²) >= 11 is 0. The fourth-order valence-electron chi connectivity index (χ4n) is 1.80. The van der Waals surface area contributed by atoms with Crippen molar-refractivity contribution in [1.29, 1.82) is 0 Å². The van der Waals surface area contributed by atoms with Gasteiger partial charge in [0.25, 0.3) is 0 Å². The molecule has 1 spiro atoms. The minimum Gasteiger partial charge on any atom is -0.376 e. The van der Waals surface area contributed by atoms with Crippen LogP contribution in [0.2, 0.25) is 0 Å². The maximum absolute atomic E-state index is 5.72. The summed E-state index contributed by atoms with van der Waals surface area (Å²) in [4.78, 5) is 0. The van der Waals surface area contributed by atoms with Crippen LogP contribution in [-0.4, -0.2) is 38.5 Å². The van der Waals surface area contributed by atoms with Crippen molar-refractivity contribution in [2.45, 2.75) is 18.4 Å². The van der Waals surface area contributed by atoms with E-state index in [0.717, 1.165) is 39.3 Å². The van der Waals surface area contributed by atoms with Gasteiger partial charge in [0, 0.05) is 6.54 Å². The lowest BCUT2D eigenvalue weighted by molar-refractivity contribution is -0.163. The normalized spacial score (nSPS) is 36.0. The Bertz CT molecular complexity index is 112. The van der Waals surface area contributed by atoms with E-state index in [1.807, 2.05) is 0 Å². The van der Waals surface area contributed by atoms with Crippen molar-refractivity contribution in [2.24, 2.45) is 0 Å². The number of halogens is 1. The van der Waals surface area contributed by atoms with Gasteiger partial charge >= 0.3 is 0 Å². The molecule has 0 aromatic heterocycles. The highest BCUT2D eigenvalue weighted by Gasteiger charge is 2.35. The van der Waals surface area contributed by atoms with Gasteiger partial charge in [-0.1, -0.05) is 0 Å². The first-order chi connectivity index (χ1) is 5.41. The highest BCUT2D eigenvalue weighted by Crippen LogP contribution is 2.23. The monoisotopic (exact) mass is 193 g/mol. The lowest BCUT2D eigenvalue weighted by atomic mass is 9.94. The Morgan fingerprint density at radius 2 is 2.17 bits per heavy atom. The van der Waals surface area contributed by atoms with Gasteiger partial charge in [0.1, 0.15) is 5.60 Å². The fraction of sp³-hybridized carbons (Fsp3) is 1.00. The van der Waals surface area contributed by atoms with Crippen LogP contribution >= 0.6 is 12.4 Å². The van der Waals surface area contributed by atoms with Crippen LogP contribution in [0.5, 0.6) is 0 Å². The fourth-order valence-corrected chi connectivity index (χ4v) is 1.80. The molecule has 1 N–H and O–H groups in total. The molecule has 0 amide bonds. The van der Waals surface area contributed by atoms with Gasteiger partial charge in [0.05, 0.1) is 19.8 Å². The van der Waals surface area contributed by atoms with Crippen molar-refractivity contribution < 1.29 is 9.47 Å². The number of piperidine rings is 1. The van der Waals surface area contributed by atoms with Crippen LogP contribution < -0.4 is 5.32 Å². The third-order valence-electron chi connectivity index (χ3n) is 2.43. The Kier molecular flexibility index (Phi) is 3.77. The number of hydrogen-bond acceptors (Lipinski definition) is 3. The van der Waals surface area contributed by atoms with Gasteiger partial charge in [0.2, 0.25) is 0 Å². The molecule has 2 rings (SSSR count). The zero-order valence-electron chi connectivity index (χ0n) is 7.17. The summed E-state index contributed by atoms with van der Waals surface area (Å²) in [6, 6.07) is 0. The van der Waals surface area contributed by atoms with Crippen molar-refractivity contribution in [3.05, 3.63) is 0 Å². The molecule has 2 aliphatic heterocycles. The number of ether oxygens (including phenoxy) is 2. The summed E-state index contributed by atoms with van der Waals surface area (Å²) < 4.78 is 11.1. The van der Waals surface area contributed by atoms with E-state index in [9.17, 15) is 0 Å². The van der Waals surface area contributed by atoms with Crippen LogP contribution in [0.15, 0.2) is 0 Å². The van der Waals surface area contributed by atoms with Crippen molar-refractivity contribution in [3.8, 4) is 0 Å². The minimum absolute atomic E-state index is 0. The molecular weight excluding hydrogens is 178 g/mol. The average Bonchev–Trinajstić information content (AvgIpc) is 2.07. The highest BCUT2D eigenvalue weighted by molar-refractivity contribution is 5.85. The maximum Gasteiger partial charge on any atom is 0.104 e. The van der Waals surface area contributed by atoms with Crippen LogP contribution in [0.4, 0.5) is 0 Å². The Morgan fingerprint density at radius 3 is 2.75 bits per heavy atom. The molecule has 2 heterocycles. The first-order valence-corrected chi connectivity index (χ1v) is 4.34. The Balaban J connectivity index is 0.000000720. The van der Waals surface area contributed by atoms with E-state index in [4.69, 9.17) is 9.47 Å². The van der Waals surface area contributed by atoms with Gasteiger partial charge in [-0.15, -0.1) is 12.4 Å². The average molecular weight is 194 g/mol. The van der Waals surface area contributed by atoms with Gasteiger partial charge in [-0.3, -0.25) is 0 Å². The zero-order chi connectivity index (χ0) is 7.57. The summed E-state index contributed by atoms with van der Waals surface area (Å²) in [5, 5.41) is 3.34. The number of nitrogens with one attached hydrogen (secondary N) is 1. The van der Waals surface area contributed by atoms with Crippen LogP contribution in [0, 0.1) is 0 Å². The number of rotatable bonds is 0. The molecule has 2 fully saturated rings. The SMILES string of the molecule is C1CNCC2(C1)COCCO2.Cl. The standard InChI is InChI=1S/C8H15NO2.ClH/c1-2-8(6-9-3-1)7-10-4-5-11-8;/h9H,1-7H2;1H. The van der Waals surface area contributed by atoms with Crippen LogP contribution in [0.3, 0.4) is 0 Å². The summed E-state index contributed by atoms with van der Waals surface area (Å²) in [6.07, 6.45) is 2.36. The third kappa shape index (κ3) is 2.10. The zero-order valence-corrected chi connectivity index (χ0v) is 7.99. The molecule has 0 radical (unpaired) electrons. The Labute approximate surface area is 79.2 Å². The molecule has 1 unspecified atom stereocenters. The topological polar surface area (TPSA) is 30.5 Å². The molecule has 4 heteroatoms. The molecule has 0 bridgehead atoms. The predicted octanol–water partition coefficient (Wildman–Crippen LogP) is 0.577. The summed E-state index contributed by atoms with van der Waals surface area (Å²) in [5.41, 5.74) is 0.0243. The minimum atomic E-state index is 0. The van der Waals surface area contributed by atoms with E-state index in [-0.39, 0.29) is 18.0 Å². The van der Waals surface area contributed by atoms with E-state index >= 15 is 0 Å². The largest absolute Gasteiger partial charge is 0.376 e. The molecule has 72 valence electrons. The summed E-state index contributed by atoms with van der Waals surface area (Å²) in [7, 11) is 0. The van der Waals surface area contributed by atoms with Crippen molar-refractivity contribution in [3.63, 3.8) is 0 Å². The maximum atomic E-state index is 5.72. The van der Waals surface area contributed by atoms with Crippen molar-refractivity contribution in [2.75, 3.05) is 32.9 Å². The van der Waals surface area contributed by atoms with Gasteiger partial charge < -0.3 is 14.8 Å². The second kappa shape index (κ2) is 4.42. The van der Waals surface area contributed by atoms with E-state index in [0.29, 0.717) is 0 Å². The molecule has 12 heavy (non-hydrogen) atoms. The second-order valence-corrected chi connectivity index (χ2v) is 3.36. The molecule has 0 aliphatic carbocycles. The molecular formula is C8H16ClNO2. The van der Waals surface area contributed by atoms with Crippen molar-refractivity contribution in [1.82, 2.24) is 5.32 Å². The smallest absolute Gasteiger partial charge is 0.104 e. The Morgan fingerprint density at radius 1 is 1.25 bits per heavy atom. The van der Waals surface area contributed by atoms with Gasteiger partial charge in [0.15, 0.2) is 0 Å². The molecule has 2 aliphatic rings. The summed E-state index contributed by atoms with van der Waals surface area (Å²) in [5.74, 6) is 0. The predicted molar refractivity (Wildman–Crippen MR) is 48.9 cm³/mol. The van der Waals surface area contributed by atoms with E-state index in [1.54, 1.807) is 0 Å². The first-order valence-electron chi connectivity index (χ1n) is 4.34. The van der Waals surface area contributed by atoms with Crippen LogP contribution in [0.25, 0.3) is 0 Å². The van der Waals surface area contributed by atoms with Gasteiger partial charge in [-0.05, 0) is 19.4 Å². The van der Waals surface area contributed by atoms with Crippen molar-refractivity contribution >= 4 is 12.4 Å². The van der Waals surface area contributed by atoms with Gasteiger partial charge in [-0.2, -0.15) is 0 Å². The molecule has 3 nitrogen and oxygen atoms in total. The third-order valence-corrected chi connectivity index (χ3v) is 2.43. The molecule has 1 atom stereocenters. The first kappa shape index (κ1) is 10.3.